The Morgan fingerprint density at radius 3 is 2.81 bits per heavy atom. The summed E-state index contributed by atoms with van der Waals surface area (Å²) in [7, 11) is 0. The normalized spacial score (nSPS) is 21.2. The van der Waals surface area contributed by atoms with Crippen LogP contribution in [0.2, 0.25) is 0 Å². The number of hydrogen-bond acceptors (Lipinski definition) is 6. The van der Waals surface area contributed by atoms with Gasteiger partial charge < -0.3 is 25.4 Å². The molecule has 0 saturated carbocycles. The first kappa shape index (κ1) is 16.2. The minimum absolute atomic E-state index is 0.0358. The third kappa shape index (κ3) is 4.94. The second-order valence-electron chi connectivity index (χ2n) is 5.22. The molecule has 6 heteroatoms. The van der Waals surface area contributed by atoms with Crippen molar-refractivity contribution in [3.8, 4) is 5.75 Å². The number of morpholine rings is 1. The van der Waals surface area contributed by atoms with E-state index in [0.717, 1.165) is 5.56 Å². The number of ether oxygens (including phenoxy) is 2. The molecule has 1 fully saturated rings. The molecule has 4 N–H and O–H groups in total. The van der Waals surface area contributed by atoms with E-state index in [-0.39, 0.29) is 19.3 Å². The van der Waals surface area contributed by atoms with Crippen molar-refractivity contribution in [2.45, 2.75) is 18.7 Å². The first-order valence-corrected chi connectivity index (χ1v) is 7.25. The molecule has 0 aliphatic carbocycles. The Labute approximate surface area is 125 Å². The Morgan fingerprint density at radius 2 is 2.14 bits per heavy atom. The molecule has 1 aromatic rings. The minimum atomic E-state index is -0.605. The van der Waals surface area contributed by atoms with Crippen molar-refractivity contribution in [1.29, 1.82) is 0 Å². The van der Waals surface area contributed by atoms with E-state index in [0.29, 0.717) is 38.6 Å². The van der Waals surface area contributed by atoms with Crippen LogP contribution in [-0.4, -0.2) is 66.8 Å². The van der Waals surface area contributed by atoms with E-state index < -0.39 is 6.10 Å². The van der Waals surface area contributed by atoms with Crippen LogP contribution in [0.5, 0.6) is 5.75 Å². The molecule has 1 saturated heterocycles. The molecule has 118 valence electrons. The molecule has 0 radical (unpaired) electrons. The summed E-state index contributed by atoms with van der Waals surface area (Å²) in [6.45, 7) is 3.08. The van der Waals surface area contributed by atoms with Crippen LogP contribution in [0.4, 0.5) is 0 Å². The molecule has 2 atom stereocenters. The maximum Gasteiger partial charge on any atom is 0.119 e. The average Bonchev–Trinajstić information content (AvgIpc) is 2.54. The highest BCUT2D eigenvalue weighted by atomic mass is 16.5. The van der Waals surface area contributed by atoms with Crippen molar-refractivity contribution in [2.24, 2.45) is 5.73 Å². The Morgan fingerprint density at radius 1 is 1.38 bits per heavy atom. The summed E-state index contributed by atoms with van der Waals surface area (Å²) in [5.74, 6) is 0.715. The number of aliphatic hydroxyl groups excluding tert-OH is 2. The molecule has 1 aliphatic rings. The molecule has 2 unspecified atom stereocenters. The summed E-state index contributed by atoms with van der Waals surface area (Å²) in [4.78, 5) is 2.04. The van der Waals surface area contributed by atoms with Crippen LogP contribution in [0.1, 0.15) is 5.56 Å². The van der Waals surface area contributed by atoms with Gasteiger partial charge in [0.15, 0.2) is 0 Å². The van der Waals surface area contributed by atoms with Gasteiger partial charge in [-0.2, -0.15) is 0 Å². The highest BCUT2D eigenvalue weighted by Crippen LogP contribution is 2.13. The van der Waals surface area contributed by atoms with Crippen LogP contribution >= 0.6 is 0 Å². The lowest BCUT2D eigenvalue weighted by atomic mass is 10.2. The minimum Gasteiger partial charge on any atom is -0.491 e. The number of hydrogen-bond donors (Lipinski definition) is 3. The number of β-amino-alcohol motifs (C(OH)–C–C–N with tert-alkyl or cyclic N) is 1. The van der Waals surface area contributed by atoms with Gasteiger partial charge in [0, 0.05) is 19.6 Å². The second-order valence-corrected chi connectivity index (χ2v) is 5.22. The lowest BCUT2D eigenvalue weighted by Crippen LogP contribution is -2.50. The number of nitrogens with zero attached hydrogens (tertiary/aromatic N) is 1. The topological polar surface area (TPSA) is 88.2 Å². The number of nitrogens with two attached hydrogens (primary N) is 1. The van der Waals surface area contributed by atoms with Crippen molar-refractivity contribution in [1.82, 2.24) is 4.90 Å². The molecule has 0 aromatic heterocycles. The zero-order valence-electron chi connectivity index (χ0n) is 12.1. The second kappa shape index (κ2) is 8.31. The van der Waals surface area contributed by atoms with E-state index in [1.165, 1.54) is 0 Å². The maximum atomic E-state index is 10.1. The van der Waals surface area contributed by atoms with Gasteiger partial charge in [0.05, 0.1) is 25.9 Å². The van der Waals surface area contributed by atoms with Gasteiger partial charge in [-0.3, -0.25) is 4.90 Å². The van der Waals surface area contributed by atoms with Crippen molar-refractivity contribution in [3.05, 3.63) is 29.8 Å². The maximum absolute atomic E-state index is 10.1. The molecule has 6 nitrogen and oxygen atoms in total. The van der Waals surface area contributed by atoms with Crippen LogP contribution in [0, 0.1) is 0 Å². The quantitative estimate of drug-likeness (QED) is 0.633. The molecule has 0 amide bonds. The Hall–Kier alpha value is -1.18. The number of benzene rings is 1. The summed E-state index contributed by atoms with van der Waals surface area (Å²) < 4.78 is 10.9. The van der Waals surface area contributed by atoms with Crippen LogP contribution < -0.4 is 10.5 Å². The Kier molecular flexibility index (Phi) is 6.41. The molecule has 1 aliphatic heterocycles. The zero-order valence-corrected chi connectivity index (χ0v) is 12.1. The van der Waals surface area contributed by atoms with Crippen molar-refractivity contribution >= 4 is 0 Å². The standard InChI is InChI=1S/C15H24N2O4/c16-7-12-1-3-15(4-2-12)21-11-14(19)8-17-5-6-20-10-13(17)9-18/h1-4,13-14,18-19H,5-11,16H2. The summed E-state index contributed by atoms with van der Waals surface area (Å²) >= 11 is 0. The van der Waals surface area contributed by atoms with Gasteiger partial charge >= 0.3 is 0 Å². The fourth-order valence-electron chi connectivity index (χ4n) is 2.34. The zero-order chi connectivity index (χ0) is 15.1. The third-order valence-electron chi connectivity index (χ3n) is 3.61. The van der Waals surface area contributed by atoms with Crippen LogP contribution in [0.25, 0.3) is 0 Å². The van der Waals surface area contributed by atoms with Crippen molar-refractivity contribution < 1.29 is 19.7 Å². The fraction of sp³-hybridized carbons (Fsp3) is 0.600. The average molecular weight is 296 g/mol. The highest BCUT2D eigenvalue weighted by Gasteiger charge is 2.24. The molecular weight excluding hydrogens is 272 g/mol. The summed E-state index contributed by atoms with van der Waals surface area (Å²) in [5, 5.41) is 19.4. The summed E-state index contributed by atoms with van der Waals surface area (Å²) in [6.07, 6.45) is -0.605. The predicted molar refractivity (Wildman–Crippen MR) is 79.1 cm³/mol. The van der Waals surface area contributed by atoms with Crippen molar-refractivity contribution in [3.63, 3.8) is 0 Å². The van der Waals surface area contributed by atoms with E-state index >= 15 is 0 Å². The SMILES string of the molecule is NCc1ccc(OCC(O)CN2CCOCC2CO)cc1. The Balaban J connectivity index is 1.76. The smallest absolute Gasteiger partial charge is 0.119 e. The lowest BCUT2D eigenvalue weighted by Gasteiger charge is -2.35. The third-order valence-corrected chi connectivity index (χ3v) is 3.61. The molecule has 0 spiro atoms. The first-order chi connectivity index (χ1) is 10.2. The molecule has 0 bridgehead atoms. The van der Waals surface area contributed by atoms with Gasteiger partial charge in [-0.15, -0.1) is 0 Å². The van der Waals surface area contributed by atoms with Crippen molar-refractivity contribution in [2.75, 3.05) is 39.5 Å². The van der Waals surface area contributed by atoms with Gasteiger partial charge in [0.25, 0.3) is 0 Å². The number of rotatable bonds is 7. The van der Waals surface area contributed by atoms with E-state index in [9.17, 15) is 10.2 Å². The van der Waals surface area contributed by atoms with Crippen LogP contribution in [-0.2, 0) is 11.3 Å². The fourth-order valence-corrected chi connectivity index (χ4v) is 2.34. The molecule has 1 heterocycles. The Bertz CT molecular complexity index is 413. The largest absolute Gasteiger partial charge is 0.491 e. The summed E-state index contributed by atoms with van der Waals surface area (Å²) in [6, 6.07) is 7.47. The van der Waals surface area contributed by atoms with E-state index in [4.69, 9.17) is 15.2 Å². The van der Waals surface area contributed by atoms with Gasteiger partial charge in [0.2, 0.25) is 0 Å². The monoisotopic (exact) mass is 296 g/mol. The summed E-state index contributed by atoms with van der Waals surface area (Å²) in [5.41, 5.74) is 6.58. The van der Waals surface area contributed by atoms with Gasteiger partial charge in [0.1, 0.15) is 18.5 Å². The van der Waals surface area contributed by atoms with E-state index in [1.807, 2.05) is 29.2 Å². The van der Waals surface area contributed by atoms with E-state index in [1.54, 1.807) is 0 Å². The lowest BCUT2D eigenvalue weighted by molar-refractivity contribution is -0.0480. The molecule has 2 rings (SSSR count). The number of aliphatic hydroxyl groups is 2. The predicted octanol–water partition coefficient (Wildman–Crippen LogP) is -0.422. The molecule has 21 heavy (non-hydrogen) atoms. The highest BCUT2D eigenvalue weighted by molar-refractivity contribution is 5.27. The molecular formula is C15H24N2O4. The van der Waals surface area contributed by atoms with Gasteiger partial charge in [-0.1, -0.05) is 12.1 Å². The van der Waals surface area contributed by atoms with Crippen LogP contribution in [0.3, 0.4) is 0 Å². The van der Waals surface area contributed by atoms with Gasteiger partial charge in [-0.05, 0) is 17.7 Å². The molecule has 1 aromatic carbocycles. The first-order valence-electron chi connectivity index (χ1n) is 7.25. The van der Waals surface area contributed by atoms with Crippen LogP contribution in [0.15, 0.2) is 24.3 Å². The van der Waals surface area contributed by atoms with Gasteiger partial charge in [-0.25, -0.2) is 0 Å². The van der Waals surface area contributed by atoms with E-state index in [2.05, 4.69) is 0 Å².